The number of carbonyl (C=O) groups excluding carboxylic acids is 2. The Morgan fingerprint density at radius 1 is 1.05 bits per heavy atom. The summed E-state index contributed by atoms with van der Waals surface area (Å²) in [6.07, 6.45) is -10.3. The Labute approximate surface area is 287 Å². The minimum absolute atomic E-state index is 0.245. The van der Waals surface area contributed by atoms with Crippen LogP contribution in [0.5, 0.6) is 5.75 Å². The minimum Gasteiger partial charge on any atom is -0.497 e. The number of aromatic nitrogens is 1. The van der Waals surface area contributed by atoms with Gasteiger partial charge in [0.15, 0.2) is 0 Å². The third kappa shape index (κ3) is 5.57. The van der Waals surface area contributed by atoms with Crippen molar-refractivity contribution in [2.45, 2.75) is 44.4 Å². The first-order chi connectivity index (χ1) is 30.2. The van der Waals surface area contributed by atoms with E-state index in [9.17, 15) is 16.0 Å². The van der Waals surface area contributed by atoms with Crippen LogP contribution >= 0.6 is 0 Å². The van der Waals surface area contributed by atoms with Gasteiger partial charge in [-0.1, -0.05) is 25.2 Å². The molecule has 228 valence electrons. The molecular weight excluding hydrogens is 568 g/mol. The summed E-state index contributed by atoms with van der Waals surface area (Å²) >= 11 is 0. The first kappa shape index (κ1) is 12.0. The summed E-state index contributed by atoms with van der Waals surface area (Å²) in [5.41, 5.74) is -4.39. The Morgan fingerprint density at radius 3 is 2.67 bits per heavy atom. The Bertz CT molecular complexity index is 2720. The molecule has 2 amide bonds. The van der Waals surface area contributed by atoms with Crippen molar-refractivity contribution in [1.29, 1.82) is 0 Å². The van der Waals surface area contributed by atoms with Gasteiger partial charge in [-0.2, -0.15) is 12.7 Å². The first-order valence-electron chi connectivity index (χ1n) is 24.8. The molecule has 1 aromatic heterocycles. The van der Waals surface area contributed by atoms with Crippen molar-refractivity contribution in [3.05, 3.63) is 58.7 Å². The number of nitrogens with zero attached hydrogens (tertiary/aromatic N) is 3. The number of methoxy groups -OCH3 is 1. The van der Waals surface area contributed by atoms with E-state index in [2.05, 4.69) is 4.74 Å². The molecule has 4 bridgehead atoms. The second-order valence-corrected chi connectivity index (χ2v) is 10.8. The molecule has 2 aromatic carbocycles. The Hall–Kier alpha value is -3.67. The van der Waals surface area contributed by atoms with Gasteiger partial charge in [0.1, 0.15) is 5.75 Å². The number of nitrogens with one attached hydrogen (secondary N) is 1. The third-order valence-corrected chi connectivity index (χ3v) is 7.80. The number of carbonyl (C=O) groups is 2. The molecule has 11 heteroatoms. The van der Waals surface area contributed by atoms with Gasteiger partial charge in [0.25, 0.3) is 11.8 Å². The zero-order valence-electron chi connectivity index (χ0n) is 46.7. The fourth-order valence-corrected chi connectivity index (χ4v) is 5.51. The molecule has 1 saturated carbocycles. The van der Waals surface area contributed by atoms with E-state index in [1.54, 1.807) is 0 Å². The molecule has 1 aliphatic carbocycles. The monoisotopic (exact) mass is 631 g/mol. The van der Waals surface area contributed by atoms with Crippen LogP contribution in [0.2, 0.25) is 0 Å². The zero-order chi connectivity index (χ0) is 52.1. The van der Waals surface area contributed by atoms with Crippen molar-refractivity contribution in [2.24, 2.45) is 0 Å². The molecule has 0 atom stereocenters. The van der Waals surface area contributed by atoms with Crippen molar-refractivity contribution in [1.82, 2.24) is 18.5 Å². The molecule has 43 heavy (non-hydrogen) atoms. The van der Waals surface area contributed by atoms with Gasteiger partial charge in [-0.05, 0) is 66.3 Å². The highest BCUT2D eigenvalue weighted by Gasteiger charge is 2.31. The van der Waals surface area contributed by atoms with E-state index in [4.69, 9.17) is 36.3 Å². The second kappa shape index (κ2) is 11.8. The maximum atomic E-state index is 15.0. The highest BCUT2D eigenvalue weighted by molar-refractivity contribution is 7.87. The normalized spacial score (nSPS) is 39.3. The summed E-state index contributed by atoms with van der Waals surface area (Å²) in [7, 11) is -9.44. The number of ether oxygens (including phenoxy) is 2. The van der Waals surface area contributed by atoms with Gasteiger partial charge in [0.2, 0.25) is 0 Å². The van der Waals surface area contributed by atoms with E-state index in [1.165, 1.54) is 4.72 Å². The summed E-state index contributed by atoms with van der Waals surface area (Å²) in [6.45, 7) is -31.1. The maximum absolute atomic E-state index is 15.0. The van der Waals surface area contributed by atoms with Gasteiger partial charge < -0.3 is 18.9 Å². The predicted octanol–water partition coefficient (Wildman–Crippen LogP) is 4.16. The summed E-state index contributed by atoms with van der Waals surface area (Å²) in [5, 5.41) is -0.260. The number of likely N-dealkylation sites (N-methyl/N-ethyl adjacent to an activating group) is 2. The molecule has 0 radical (unpaired) electrons. The van der Waals surface area contributed by atoms with Crippen LogP contribution in [0.25, 0.3) is 28.2 Å². The van der Waals surface area contributed by atoms with Crippen LogP contribution < -0.4 is 9.46 Å². The number of hydrogen-bond donors (Lipinski definition) is 1. The zero-order valence-corrected chi connectivity index (χ0v) is 22.5. The molecule has 0 unspecified atom stereocenters. The Morgan fingerprint density at radius 2 is 1.88 bits per heavy atom. The summed E-state index contributed by atoms with van der Waals surface area (Å²) < 4.78 is 248. The van der Waals surface area contributed by atoms with Gasteiger partial charge in [-0.3, -0.25) is 9.59 Å². The molecule has 1 fully saturated rings. The van der Waals surface area contributed by atoms with E-state index in [0.29, 0.717) is 16.7 Å². The number of hydrogen-bond acceptors (Lipinski definition) is 6. The fraction of sp³-hybridized carbons (Fsp3) is 0.438. The first-order valence-corrected chi connectivity index (χ1v) is 13.8. The molecule has 1 N–H and O–H groups in total. The number of amides is 2. The molecule has 3 heterocycles. The lowest BCUT2D eigenvalue weighted by Crippen LogP contribution is -2.42. The van der Waals surface area contributed by atoms with Crippen molar-refractivity contribution in [3.63, 3.8) is 0 Å². The molecule has 10 nitrogen and oxygen atoms in total. The number of rotatable bonds is 2. The van der Waals surface area contributed by atoms with Crippen LogP contribution in [0.15, 0.2) is 42.0 Å². The van der Waals surface area contributed by atoms with Crippen molar-refractivity contribution < 1.29 is 61.7 Å². The van der Waals surface area contributed by atoms with Gasteiger partial charge in [-0.25, -0.2) is 4.72 Å². The van der Waals surface area contributed by atoms with E-state index in [1.807, 2.05) is 0 Å². The molecule has 6 rings (SSSR count). The lowest BCUT2D eigenvalue weighted by atomic mass is 9.81. The highest BCUT2D eigenvalue weighted by atomic mass is 32.2. The third-order valence-electron chi connectivity index (χ3n) is 6.78. The van der Waals surface area contributed by atoms with Crippen LogP contribution in [0, 0.1) is 0 Å². The van der Waals surface area contributed by atoms with Gasteiger partial charge in [0, 0.05) is 73.7 Å². The molecule has 0 spiro atoms. The van der Waals surface area contributed by atoms with E-state index >= 15 is 4.79 Å². The average Bonchev–Trinajstić information content (AvgIpc) is 3.40. The van der Waals surface area contributed by atoms with Gasteiger partial charge in [0.05, 0.1) is 47.4 Å². The van der Waals surface area contributed by atoms with E-state index in [0.717, 1.165) is 30.3 Å². The summed E-state index contributed by atoms with van der Waals surface area (Å²) in [4.78, 5) is 28.1. The fourth-order valence-electron chi connectivity index (χ4n) is 4.90. The van der Waals surface area contributed by atoms with Crippen molar-refractivity contribution >= 4 is 39.0 Å². The SMILES string of the molecule is [2H]C([2H])([2H])Oc1ccc2c(c1)C=C1C(=O)N(C([2H])([2H])[2H])C([2H])([2H])C([2H])([2H])OC([2H])([2H])C([2H])([2H])N(C([2H])([2H])[2H])S(=O)(=O)NC(=O)c3ccc4c(C5CC([2H])([2H])C([2H])([2H])C([2H])([2H])C5)c-2n(c4c3)C1([2H])[2H]. The predicted molar refractivity (Wildman–Crippen MR) is 165 cm³/mol. The standard InChI is InChI=1S/C32H38N4O6S/c1-34-13-15-42-16-14-35(2)43(39,40)33-31(37)22-9-11-27-28(19-22)36-20-24(32(34)38)17-23-18-25(41-3)10-12-26(23)30(36)29(27)21-7-5-4-6-8-21/h9-12,17-19,21H,4-8,13-16,20H2,1-3H3,(H,33,37)/i1D3,2D3,3D3,4D2,5D2,6D2,13D2,14D2,15D2,16D2,20D2. The van der Waals surface area contributed by atoms with Crippen LogP contribution in [0.1, 0.15) is 93.6 Å². The quantitative estimate of drug-likeness (QED) is 0.455. The van der Waals surface area contributed by atoms with Crippen molar-refractivity contribution in [3.8, 4) is 17.0 Å². The van der Waals surface area contributed by atoms with Crippen LogP contribution in [0.4, 0.5) is 0 Å². The van der Waals surface area contributed by atoms with E-state index < -0.39 is 156 Å². The van der Waals surface area contributed by atoms with Gasteiger partial charge in [-0.15, -0.1) is 0 Å². The highest BCUT2D eigenvalue weighted by Crippen LogP contribution is 2.47. The maximum Gasteiger partial charge on any atom is 0.303 e. The molecule has 2 aliphatic heterocycles. The molecule has 3 aliphatic rings. The van der Waals surface area contributed by atoms with Crippen LogP contribution in [-0.4, -0.2) is 81.1 Å². The van der Waals surface area contributed by atoms with Crippen LogP contribution in [0.3, 0.4) is 0 Å². The van der Waals surface area contributed by atoms with Crippen LogP contribution in [-0.2, 0) is 26.2 Å². The average molecular weight is 632 g/mol. The molecule has 3 aromatic rings. The second-order valence-electron chi connectivity index (χ2n) is 9.31. The molecular formula is C32H38N4O6S. The topological polar surface area (TPSA) is 110 Å². The summed E-state index contributed by atoms with van der Waals surface area (Å²) in [5.74, 6) is -6.17. The van der Waals surface area contributed by atoms with Crippen molar-refractivity contribution in [2.75, 3.05) is 47.1 Å². The minimum atomic E-state index is -6.26. The van der Waals surface area contributed by atoms with Gasteiger partial charge >= 0.3 is 10.2 Å². The Balaban J connectivity index is 1.84. The largest absolute Gasteiger partial charge is 0.497 e. The number of fused-ring (bicyclic) bond motifs is 4. The smallest absolute Gasteiger partial charge is 0.303 e. The summed E-state index contributed by atoms with van der Waals surface area (Å²) in [6, 6.07) is 5.52. The Kier molecular flexibility index (Phi) is 3.29. The lowest BCUT2D eigenvalue weighted by molar-refractivity contribution is -0.126. The lowest BCUT2D eigenvalue weighted by Gasteiger charge is -2.24. The number of benzene rings is 2. The molecule has 0 saturated heterocycles. The van der Waals surface area contributed by atoms with E-state index in [-0.39, 0.29) is 16.5 Å².